The largest absolute Gasteiger partial charge is 0.484 e. The fourth-order valence-electron chi connectivity index (χ4n) is 2.03. The lowest BCUT2D eigenvalue weighted by atomic mass is 10.2. The van der Waals surface area contributed by atoms with Gasteiger partial charge >= 0.3 is 0 Å². The van der Waals surface area contributed by atoms with Gasteiger partial charge in [-0.05, 0) is 30.0 Å². The normalized spacial score (nSPS) is 11.9. The molecule has 0 bridgehead atoms. The molecule has 2 N–H and O–H groups in total. The van der Waals surface area contributed by atoms with Crippen LogP contribution in [0.2, 0.25) is 0 Å². The van der Waals surface area contributed by atoms with Crippen molar-refractivity contribution in [1.29, 1.82) is 0 Å². The Morgan fingerprint density at radius 3 is 2.83 bits per heavy atom. The van der Waals surface area contributed by atoms with Crippen LogP contribution in [0.1, 0.15) is 16.5 Å². The first-order valence-electron chi connectivity index (χ1n) is 7.41. The van der Waals surface area contributed by atoms with Crippen molar-refractivity contribution in [3.63, 3.8) is 0 Å². The Kier molecular flexibility index (Phi) is 7.06. The van der Waals surface area contributed by atoms with Gasteiger partial charge in [-0.25, -0.2) is 0 Å². The van der Waals surface area contributed by atoms with E-state index in [-0.39, 0.29) is 31.8 Å². The van der Waals surface area contributed by atoms with Crippen LogP contribution in [0.5, 0.6) is 5.75 Å². The van der Waals surface area contributed by atoms with Crippen LogP contribution in [0.3, 0.4) is 0 Å². The number of rotatable bonds is 9. The van der Waals surface area contributed by atoms with E-state index < -0.39 is 0 Å². The number of benzene rings is 1. The fourth-order valence-corrected chi connectivity index (χ4v) is 2.80. The summed E-state index contributed by atoms with van der Waals surface area (Å²) >= 11 is 1.56. The first-order valence-corrected chi connectivity index (χ1v) is 8.29. The van der Waals surface area contributed by atoms with Crippen molar-refractivity contribution in [2.75, 3.05) is 26.4 Å². The summed E-state index contributed by atoms with van der Waals surface area (Å²) in [6, 6.07) is 11.4. The Hall–Kier alpha value is -1.89. The first-order chi connectivity index (χ1) is 11.2. The summed E-state index contributed by atoms with van der Waals surface area (Å²) in [4.78, 5) is 13.0. The zero-order chi connectivity index (χ0) is 16.5. The second-order valence-corrected chi connectivity index (χ2v) is 5.94. The molecule has 1 aromatic carbocycles. The molecule has 23 heavy (non-hydrogen) atoms. The molecule has 1 amide bonds. The minimum absolute atomic E-state index is 0.0397. The summed E-state index contributed by atoms with van der Waals surface area (Å²) in [6.07, 6.45) is -0.260. The van der Waals surface area contributed by atoms with E-state index in [1.807, 2.05) is 48.7 Å². The number of aryl methyl sites for hydroxylation is 1. The smallest absolute Gasteiger partial charge is 0.258 e. The molecule has 0 saturated carbocycles. The summed E-state index contributed by atoms with van der Waals surface area (Å²) in [5.74, 6) is 0.497. The summed E-state index contributed by atoms with van der Waals surface area (Å²) in [5, 5.41) is 13.7. The van der Waals surface area contributed by atoms with E-state index in [2.05, 4.69) is 5.32 Å². The molecule has 124 valence electrons. The highest BCUT2D eigenvalue weighted by Gasteiger charge is 2.15. The lowest BCUT2D eigenvalue weighted by molar-refractivity contribution is -0.123. The molecule has 0 saturated heterocycles. The minimum atomic E-state index is -0.260. The Labute approximate surface area is 139 Å². The van der Waals surface area contributed by atoms with Crippen LogP contribution in [0.4, 0.5) is 0 Å². The zero-order valence-corrected chi connectivity index (χ0v) is 13.8. The molecule has 0 aliphatic heterocycles. The van der Waals surface area contributed by atoms with Gasteiger partial charge in [-0.3, -0.25) is 4.79 Å². The van der Waals surface area contributed by atoms with E-state index in [4.69, 9.17) is 14.6 Å². The van der Waals surface area contributed by atoms with Crippen molar-refractivity contribution in [2.45, 2.75) is 13.0 Å². The van der Waals surface area contributed by atoms with Gasteiger partial charge in [0.2, 0.25) is 0 Å². The third kappa shape index (κ3) is 5.67. The van der Waals surface area contributed by atoms with Gasteiger partial charge in [0, 0.05) is 11.4 Å². The lowest BCUT2D eigenvalue weighted by Gasteiger charge is -2.17. The van der Waals surface area contributed by atoms with E-state index in [0.717, 1.165) is 10.4 Å². The zero-order valence-electron chi connectivity index (χ0n) is 13.0. The van der Waals surface area contributed by atoms with Crippen LogP contribution in [0, 0.1) is 6.92 Å². The highest BCUT2D eigenvalue weighted by atomic mass is 32.1. The molecule has 0 aliphatic rings. The van der Waals surface area contributed by atoms with Crippen LogP contribution in [-0.2, 0) is 9.53 Å². The number of amides is 1. The molecule has 1 heterocycles. The van der Waals surface area contributed by atoms with Gasteiger partial charge in [-0.1, -0.05) is 24.3 Å². The molecule has 6 heteroatoms. The van der Waals surface area contributed by atoms with Crippen molar-refractivity contribution < 1.29 is 19.4 Å². The number of carbonyl (C=O) groups excluding carboxylic acids is 1. The standard InChI is InChI=1S/C17H21NO4S/c1-13-5-2-3-6-14(13)22-12-17(20)18-11-15(21-9-8-19)16-7-4-10-23-16/h2-7,10,15,19H,8-9,11-12H2,1H3,(H,18,20)/t15-/m0/s1. The molecular formula is C17H21NO4S. The van der Waals surface area contributed by atoms with Gasteiger partial charge in [0.25, 0.3) is 5.91 Å². The van der Waals surface area contributed by atoms with Crippen molar-refractivity contribution in [3.05, 3.63) is 52.2 Å². The molecule has 2 rings (SSSR count). The van der Waals surface area contributed by atoms with E-state index in [9.17, 15) is 4.79 Å². The third-order valence-electron chi connectivity index (χ3n) is 3.21. The third-order valence-corrected chi connectivity index (χ3v) is 4.17. The predicted molar refractivity (Wildman–Crippen MR) is 89.8 cm³/mol. The van der Waals surface area contributed by atoms with Crippen molar-refractivity contribution >= 4 is 17.2 Å². The number of hydrogen-bond acceptors (Lipinski definition) is 5. The number of ether oxygens (including phenoxy) is 2. The molecule has 0 spiro atoms. The average Bonchev–Trinajstić information content (AvgIpc) is 3.08. The minimum Gasteiger partial charge on any atom is -0.484 e. The average molecular weight is 335 g/mol. The fraction of sp³-hybridized carbons (Fsp3) is 0.353. The molecule has 0 radical (unpaired) electrons. The number of aliphatic hydroxyl groups excluding tert-OH is 1. The molecule has 0 aliphatic carbocycles. The van der Waals surface area contributed by atoms with E-state index in [0.29, 0.717) is 12.3 Å². The van der Waals surface area contributed by atoms with Crippen LogP contribution >= 0.6 is 11.3 Å². The highest BCUT2D eigenvalue weighted by Crippen LogP contribution is 2.21. The maximum Gasteiger partial charge on any atom is 0.258 e. The van der Waals surface area contributed by atoms with E-state index in [1.165, 1.54) is 0 Å². The van der Waals surface area contributed by atoms with Crippen molar-refractivity contribution in [1.82, 2.24) is 5.32 Å². The molecule has 0 fully saturated rings. The molecule has 5 nitrogen and oxygen atoms in total. The SMILES string of the molecule is Cc1ccccc1OCC(=O)NC[C@H](OCCO)c1cccs1. The van der Waals surface area contributed by atoms with E-state index >= 15 is 0 Å². The molecule has 0 unspecified atom stereocenters. The van der Waals surface area contributed by atoms with Gasteiger partial charge in [0.15, 0.2) is 6.61 Å². The Balaban J connectivity index is 1.80. The Morgan fingerprint density at radius 2 is 2.13 bits per heavy atom. The number of aliphatic hydroxyl groups is 1. The monoisotopic (exact) mass is 335 g/mol. The molecule has 1 aromatic heterocycles. The number of hydrogen-bond donors (Lipinski definition) is 2. The lowest BCUT2D eigenvalue weighted by Crippen LogP contribution is -2.33. The summed E-state index contributed by atoms with van der Waals surface area (Å²) in [6.45, 7) is 2.42. The molecule has 1 atom stereocenters. The van der Waals surface area contributed by atoms with Crippen molar-refractivity contribution in [3.8, 4) is 5.75 Å². The van der Waals surface area contributed by atoms with Crippen molar-refractivity contribution in [2.24, 2.45) is 0 Å². The summed E-state index contributed by atoms with van der Waals surface area (Å²) in [7, 11) is 0. The van der Waals surface area contributed by atoms with Gasteiger partial charge < -0.3 is 19.9 Å². The number of para-hydroxylation sites is 1. The quantitative estimate of drug-likeness (QED) is 0.738. The second-order valence-electron chi connectivity index (χ2n) is 4.96. The van der Waals surface area contributed by atoms with E-state index in [1.54, 1.807) is 11.3 Å². The van der Waals surface area contributed by atoms with Crippen LogP contribution in [0.25, 0.3) is 0 Å². The summed E-state index contributed by atoms with van der Waals surface area (Å²) in [5.41, 5.74) is 0.989. The maximum atomic E-state index is 11.9. The first kappa shape index (κ1) is 17.5. The number of thiophene rings is 1. The number of carbonyl (C=O) groups is 1. The molecule has 2 aromatic rings. The topological polar surface area (TPSA) is 67.8 Å². The maximum absolute atomic E-state index is 11.9. The highest BCUT2D eigenvalue weighted by molar-refractivity contribution is 7.10. The Morgan fingerprint density at radius 1 is 1.30 bits per heavy atom. The molecular weight excluding hydrogens is 314 g/mol. The predicted octanol–water partition coefficient (Wildman–Crippen LogP) is 2.30. The second kappa shape index (κ2) is 9.29. The Bertz CT molecular complexity index is 600. The van der Waals surface area contributed by atoms with Gasteiger partial charge in [0.1, 0.15) is 11.9 Å². The summed E-state index contributed by atoms with van der Waals surface area (Å²) < 4.78 is 11.1. The van der Waals surface area contributed by atoms with Crippen LogP contribution in [0.15, 0.2) is 41.8 Å². The van der Waals surface area contributed by atoms with Gasteiger partial charge in [0.05, 0.1) is 13.2 Å². The number of nitrogens with one attached hydrogen (secondary N) is 1. The van der Waals surface area contributed by atoms with Crippen LogP contribution in [-0.4, -0.2) is 37.4 Å². The van der Waals surface area contributed by atoms with Gasteiger partial charge in [-0.2, -0.15) is 0 Å². The van der Waals surface area contributed by atoms with Gasteiger partial charge in [-0.15, -0.1) is 11.3 Å². The van der Waals surface area contributed by atoms with Crippen LogP contribution < -0.4 is 10.1 Å².